The Labute approximate surface area is 66.3 Å². The molecule has 1 amide bonds. The molecule has 0 aliphatic carbocycles. The number of carbonyl (C=O) groups is 1. The smallest absolute Gasteiger partial charge is 0.247 e. The minimum atomic E-state index is -0.414. The van der Waals surface area contributed by atoms with Gasteiger partial charge in [0.1, 0.15) is 6.10 Å². The lowest BCUT2D eigenvalue weighted by Gasteiger charge is -2.16. The van der Waals surface area contributed by atoms with Gasteiger partial charge in [0.2, 0.25) is 5.91 Å². The van der Waals surface area contributed by atoms with Crippen LogP contribution in [0.15, 0.2) is 0 Å². The minimum Gasteiger partial charge on any atom is -0.367 e. The van der Waals surface area contributed by atoms with Gasteiger partial charge in [-0.3, -0.25) is 4.79 Å². The van der Waals surface area contributed by atoms with Crippen molar-refractivity contribution >= 4 is 5.91 Å². The van der Waals surface area contributed by atoms with Crippen LogP contribution in [0.2, 0.25) is 0 Å². The van der Waals surface area contributed by atoms with Gasteiger partial charge in [0.15, 0.2) is 0 Å². The third-order valence-electron chi connectivity index (χ3n) is 1.80. The number of nitrogens with two attached hydrogens (primary N) is 1. The number of hydrogen-bond acceptors (Lipinski definition) is 3. The van der Waals surface area contributed by atoms with Crippen LogP contribution in [0.5, 0.6) is 0 Å². The Morgan fingerprint density at radius 3 is 3.09 bits per heavy atom. The first-order chi connectivity index (χ1) is 5.20. The fraction of sp³-hybridized carbons (Fsp3) is 0.857. The van der Waals surface area contributed by atoms with Crippen LogP contribution in [0.1, 0.15) is 6.42 Å². The maximum Gasteiger partial charge on any atom is 0.247 e. The van der Waals surface area contributed by atoms with Gasteiger partial charge in [-0.05, 0) is 13.5 Å². The molecule has 1 aliphatic heterocycles. The molecule has 1 saturated heterocycles. The zero-order valence-electron chi connectivity index (χ0n) is 6.75. The number of rotatable bonds is 1. The molecule has 0 aromatic rings. The van der Waals surface area contributed by atoms with Gasteiger partial charge in [-0.15, -0.1) is 0 Å². The van der Waals surface area contributed by atoms with E-state index < -0.39 is 6.10 Å². The first-order valence-corrected chi connectivity index (χ1v) is 3.79. The van der Waals surface area contributed by atoms with Gasteiger partial charge in [0.25, 0.3) is 0 Å². The fourth-order valence-corrected chi connectivity index (χ4v) is 1.16. The predicted molar refractivity (Wildman–Crippen MR) is 41.0 cm³/mol. The fourth-order valence-electron chi connectivity index (χ4n) is 1.16. The molecule has 0 spiro atoms. The molecule has 4 nitrogen and oxygen atoms in total. The van der Waals surface area contributed by atoms with Crippen LogP contribution in [-0.4, -0.2) is 43.7 Å². The molecule has 1 heterocycles. The molecule has 1 atom stereocenters. The highest BCUT2D eigenvalue weighted by Crippen LogP contribution is 2.02. The molecule has 64 valence electrons. The lowest BCUT2D eigenvalue weighted by molar-refractivity contribution is -0.129. The van der Waals surface area contributed by atoms with E-state index in [4.69, 9.17) is 10.5 Å². The number of ether oxygens (including phenoxy) is 1. The largest absolute Gasteiger partial charge is 0.367 e. The van der Waals surface area contributed by atoms with Crippen molar-refractivity contribution in [2.24, 2.45) is 5.73 Å². The molecule has 1 aliphatic rings. The summed E-state index contributed by atoms with van der Waals surface area (Å²) < 4.78 is 5.22. The summed E-state index contributed by atoms with van der Waals surface area (Å²) in [6.07, 6.45) is 0.558. The summed E-state index contributed by atoms with van der Waals surface area (Å²) in [7, 11) is 1.96. The van der Waals surface area contributed by atoms with Crippen LogP contribution in [-0.2, 0) is 9.53 Å². The Balaban J connectivity index is 2.45. The summed E-state index contributed by atoms with van der Waals surface area (Å²) in [5.74, 6) is -0.362. The molecular weight excluding hydrogens is 144 g/mol. The van der Waals surface area contributed by atoms with Gasteiger partial charge in [-0.1, -0.05) is 0 Å². The van der Waals surface area contributed by atoms with Gasteiger partial charge in [-0.25, -0.2) is 0 Å². The third-order valence-corrected chi connectivity index (χ3v) is 1.80. The number of carbonyl (C=O) groups excluding carboxylic acids is 1. The SMILES string of the molecule is CN1CCCOC(C(N)=O)C1. The second-order valence-corrected chi connectivity index (χ2v) is 2.88. The van der Waals surface area contributed by atoms with Crippen LogP contribution in [0.4, 0.5) is 0 Å². The van der Waals surface area contributed by atoms with E-state index in [2.05, 4.69) is 4.90 Å². The van der Waals surface area contributed by atoms with Crippen molar-refractivity contribution in [2.75, 3.05) is 26.7 Å². The molecular formula is C7H14N2O2. The molecule has 0 aromatic carbocycles. The molecule has 4 heteroatoms. The number of amides is 1. The van der Waals surface area contributed by atoms with Gasteiger partial charge in [-0.2, -0.15) is 0 Å². The second-order valence-electron chi connectivity index (χ2n) is 2.88. The molecule has 0 bridgehead atoms. The topological polar surface area (TPSA) is 55.6 Å². The molecule has 1 unspecified atom stereocenters. The molecule has 0 aromatic heterocycles. The number of primary amides is 1. The van der Waals surface area contributed by atoms with E-state index in [1.165, 1.54) is 0 Å². The van der Waals surface area contributed by atoms with E-state index in [-0.39, 0.29) is 5.91 Å². The molecule has 0 saturated carbocycles. The third kappa shape index (κ3) is 2.48. The zero-order valence-corrected chi connectivity index (χ0v) is 6.75. The summed E-state index contributed by atoms with van der Waals surface area (Å²) in [4.78, 5) is 12.8. The van der Waals surface area contributed by atoms with Crippen LogP contribution >= 0.6 is 0 Å². The minimum absolute atomic E-state index is 0.362. The van der Waals surface area contributed by atoms with Crippen molar-refractivity contribution in [2.45, 2.75) is 12.5 Å². The van der Waals surface area contributed by atoms with E-state index in [1.807, 2.05) is 7.05 Å². The number of hydrogen-bond donors (Lipinski definition) is 1. The van der Waals surface area contributed by atoms with E-state index >= 15 is 0 Å². The first kappa shape index (κ1) is 8.49. The lowest BCUT2D eigenvalue weighted by Crippen LogP contribution is -2.38. The monoisotopic (exact) mass is 158 g/mol. The Kier molecular flexibility index (Phi) is 2.84. The van der Waals surface area contributed by atoms with E-state index in [0.717, 1.165) is 13.0 Å². The molecule has 11 heavy (non-hydrogen) atoms. The summed E-state index contributed by atoms with van der Waals surface area (Å²) in [5, 5.41) is 0. The summed E-state index contributed by atoms with van der Waals surface area (Å²) in [6, 6.07) is 0. The number of likely N-dealkylation sites (N-methyl/N-ethyl adjacent to an activating group) is 1. The maximum absolute atomic E-state index is 10.7. The molecule has 0 radical (unpaired) electrons. The average Bonchev–Trinajstić information content (AvgIpc) is 2.13. The van der Waals surface area contributed by atoms with Crippen molar-refractivity contribution in [3.63, 3.8) is 0 Å². The van der Waals surface area contributed by atoms with Gasteiger partial charge < -0.3 is 15.4 Å². The Morgan fingerprint density at radius 2 is 2.45 bits per heavy atom. The maximum atomic E-state index is 10.7. The Hall–Kier alpha value is -0.610. The molecule has 2 N–H and O–H groups in total. The standard InChI is InChI=1S/C7H14N2O2/c1-9-3-2-4-11-6(5-9)7(8)10/h6H,2-5H2,1H3,(H2,8,10). The van der Waals surface area contributed by atoms with Crippen LogP contribution in [0.25, 0.3) is 0 Å². The zero-order chi connectivity index (χ0) is 8.27. The van der Waals surface area contributed by atoms with Crippen molar-refractivity contribution in [3.05, 3.63) is 0 Å². The second kappa shape index (κ2) is 3.69. The quantitative estimate of drug-likeness (QED) is 0.543. The van der Waals surface area contributed by atoms with E-state index in [1.54, 1.807) is 0 Å². The normalized spacial score (nSPS) is 27.9. The number of nitrogens with zero attached hydrogens (tertiary/aromatic N) is 1. The Morgan fingerprint density at radius 1 is 1.73 bits per heavy atom. The van der Waals surface area contributed by atoms with Crippen molar-refractivity contribution in [1.29, 1.82) is 0 Å². The van der Waals surface area contributed by atoms with Crippen LogP contribution < -0.4 is 5.73 Å². The molecule has 1 fully saturated rings. The van der Waals surface area contributed by atoms with Gasteiger partial charge in [0.05, 0.1) is 0 Å². The lowest BCUT2D eigenvalue weighted by atomic mass is 10.3. The average molecular weight is 158 g/mol. The first-order valence-electron chi connectivity index (χ1n) is 3.79. The van der Waals surface area contributed by atoms with Crippen molar-refractivity contribution < 1.29 is 9.53 Å². The van der Waals surface area contributed by atoms with Crippen LogP contribution in [0.3, 0.4) is 0 Å². The van der Waals surface area contributed by atoms with Gasteiger partial charge in [0, 0.05) is 19.7 Å². The Bertz CT molecular complexity index is 149. The highest BCUT2D eigenvalue weighted by Gasteiger charge is 2.20. The van der Waals surface area contributed by atoms with Crippen molar-refractivity contribution in [3.8, 4) is 0 Å². The highest BCUT2D eigenvalue weighted by molar-refractivity contribution is 5.79. The van der Waals surface area contributed by atoms with Gasteiger partial charge >= 0.3 is 0 Å². The van der Waals surface area contributed by atoms with Crippen molar-refractivity contribution in [1.82, 2.24) is 4.90 Å². The molecule has 1 rings (SSSR count). The summed E-state index contributed by atoms with van der Waals surface area (Å²) in [6.45, 7) is 2.23. The van der Waals surface area contributed by atoms with E-state index in [9.17, 15) is 4.79 Å². The predicted octanol–water partition coefficient (Wildman–Crippen LogP) is -0.808. The van der Waals surface area contributed by atoms with E-state index in [0.29, 0.717) is 13.2 Å². The van der Waals surface area contributed by atoms with Crippen LogP contribution in [0, 0.1) is 0 Å². The highest BCUT2D eigenvalue weighted by atomic mass is 16.5. The summed E-state index contributed by atoms with van der Waals surface area (Å²) >= 11 is 0. The summed E-state index contributed by atoms with van der Waals surface area (Å²) in [5.41, 5.74) is 5.11.